The molecule has 2 aromatic carbocycles. The molecule has 0 saturated heterocycles. The highest BCUT2D eigenvalue weighted by Crippen LogP contribution is 2.39. The van der Waals surface area contributed by atoms with E-state index in [0.717, 1.165) is 25.2 Å². The molecule has 0 spiro atoms. The second kappa shape index (κ2) is 8.80. The summed E-state index contributed by atoms with van der Waals surface area (Å²) in [5.41, 5.74) is 1.66. The Bertz CT molecular complexity index is 995. The van der Waals surface area contributed by atoms with Gasteiger partial charge in [-0.2, -0.15) is 0 Å². The van der Waals surface area contributed by atoms with E-state index in [1.165, 1.54) is 19.2 Å². The number of aromatic hydroxyl groups is 1. The molecular formula is C22H26N2O4. The molecule has 2 N–H and O–H groups in total. The molecule has 0 fully saturated rings. The fourth-order valence-electron chi connectivity index (χ4n) is 3.28. The van der Waals surface area contributed by atoms with E-state index >= 15 is 0 Å². The molecule has 6 heteroatoms. The van der Waals surface area contributed by atoms with Crippen LogP contribution in [0.25, 0.3) is 22.2 Å². The number of aromatic amines is 1. The van der Waals surface area contributed by atoms with Gasteiger partial charge >= 0.3 is 0 Å². The van der Waals surface area contributed by atoms with E-state index in [4.69, 9.17) is 9.47 Å². The van der Waals surface area contributed by atoms with Crippen LogP contribution in [0.5, 0.6) is 17.2 Å². The predicted octanol–water partition coefficient (Wildman–Crippen LogP) is 3.63. The average Bonchev–Trinajstić information content (AvgIpc) is 2.71. The number of methoxy groups -OCH3 is 1. The Morgan fingerprint density at radius 2 is 1.82 bits per heavy atom. The molecule has 3 aromatic rings. The SMILES string of the molecule is CCN(CC)CCOc1cc(O)c2c(=O)cc(-c3ccccc3)[nH]c2c1OC. The molecular weight excluding hydrogens is 356 g/mol. The summed E-state index contributed by atoms with van der Waals surface area (Å²) in [6, 6.07) is 12.5. The monoisotopic (exact) mass is 382 g/mol. The first-order valence-corrected chi connectivity index (χ1v) is 9.46. The van der Waals surface area contributed by atoms with Crippen LogP contribution in [-0.2, 0) is 0 Å². The largest absolute Gasteiger partial charge is 0.507 e. The van der Waals surface area contributed by atoms with Crippen LogP contribution in [0.2, 0.25) is 0 Å². The first-order chi connectivity index (χ1) is 13.6. The fraction of sp³-hybridized carbons (Fsp3) is 0.318. The average molecular weight is 382 g/mol. The number of ether oxygens (including phenoxy) is 2. The number of hydrogen-bond acceptors (Lipinski definition) is 5. The number of phenolic OH excluding ortho intramolecular Hbond substituents is 1. The van der Waals surface area contributed by atoms with Crippen molar-refractivity contribution in [3.8, 4) is 28.5 Å². The van der Waals surface area contributed by atoms with Crippen molar-refractivity contribution in [1.82, 2.24) is 9.88 Å². The van der Waals surface area contributed by atoms with Gasteiger partial charge in [0.1, 0.15) is 17.9 Å². The van der Waals surface area contributed by atoms with Crippen LogP contribution in [0, 0.1) is 0 Å². The minimum absolute atomic E-state index is 0.130. The molecule has 0 radical (unpaired) electrons. The third-order valence-corrected chi connectivity index (χ3v) is 4.85. The van der Waals surface area contributed by atoms with Crippen molar-refractivity contribution in [2.24, 2.45) is 0 Å². The van der Waals surface area contributed by atoms with Crippen molar-refractivity contribution in [3.05, 3.63) is 52.7 Å². The molecule has 0 aliphatic heterocycles. The van der Waals surface area contributed by atoms with Gasteiger partial charge in [0.2, 0.25) is 0 Å². The lowest BCUT2D eigenvalue weighted by molar-refractivity contribution is 0.217. The topological polar surface area (TPSA) is 74.8 Å². The Kier molecular flexibility index (Phi) is 6.21. The van der Waals surface area contributed by atoms with Crippen molar-refractivity contribution in [3.63, 3.8) is 0 Å². The van der Waals surface area contributed by atoms with E-state index < -0.39 is 0 Å². The van der Waals surface area contributed by atoms with Gasteiger partial charge in [0.25, 0.3) is 0 Å². The number of nitrogens with one attached hydrogen (secondary N) is 1. The molecule has 6 nitrogen and oxygen atoms in total. The van der Waals surface area contributed by atoms with Crippen LogP contribution in [0.4, 0.5) is 0 Å². The zero-order chi connectivity index (χ0) is 20.1. The van der Waals surface area contributed by atoms with Gasteiger partial charge in [-0.1, -0.05) is 44.2 Å². The number of phenols is 1. The predicted molar refractivity (Wildman–Crippen MR) is 112 cm³/mol. The van der Waals surface area contributed by atoms with Gasteiger partial charge in [0.15, 0.2) is 16.9 Å². The van der Waals surface area contributed by atoms with Crippen LogP contribution < -0.4 is 14.9 Å². The maximum Gasteiger partial charge on any atom is 0.193 e. The van der Waals surface area contributed by atoms with E-state index in [0.29, 0.717) is 29.3 Å². The number of fused-ring (bicyclic) bond motifs is 1. The minimum Gasteiger partial charge on any atom is -0.507 e. The zero-order valence-corrected chi connectivity index (χ0v) is 16.5. The number of aromatic nitrogens is 1. The number of rotatable bonds is 8. The van der Waals surface area contributed by atoms with Gasteiger partial charge in [-0.15, -0.1) is 0 Å². The highest BCUT2D eigenvalue weighted by atomic mass is 16.5. The summed E-state index contributed by atoms with van der Waals surface area (Å²) < 4.78 is 11.4. The van der Waals surface area contributed by atoms with Crippen molar-refractivity contribution < 1.29 is 14.6 Å². The van der Waals surface area contributed by atoms with Gasteiger partial charge in [0.05, 0.1) is 12.5 Å². The van der Waals surface area contributed by atoms with Gasteiger partial charge in [-0.25, -0.2) is 0 Å². The third-order valence-electron chi connectivity index (χ3n) is 4.85. The lowest BCUT2D eigenvalue weighted by Gasteiger charge is -2.19. The molecule has 3 rings (SSSR count). The summed E-state index contributed by atoms with van der Waals surface area (Å²) in [7, 11) is 1.52. The Hall–Kier alpha value is -2.99. The maximum absolute atomic E-state index is 12.7. The Morgan fingerprint density at radius 1 is 1.11 bits per heavy atom. The second-order valence-electron chi connectivity index (χ2n) is 6.47. The molecule has 0 bridgehead atoms. The maximum atomic E-state index is 12.7. The summed E-state index contributed by atoms with van der Waals surface area (Å²) in [5.74, 6) is 0.678. The lowest BCUT2D eigenvalue weighted by Crippen LogP contribution is -2.28. The highest BCUT2D eigenvalue weighted by Gasteiger charge is 2.18. The van der Waals surface area contributed by atoms with E-state index in [2.05, 4.69) is 23.7 Å². The number of benzene rings is 2. The number of nitrogens with zero attached hydrogens (tertiary/aromatic N) is 1. The van der Waals surface area contributed by atoms with Crippen molar-refractivity contribution in [1.29, 1.82) is 0 Å². The standard InChI is InChI=1S/C22H26N2O4/c1-4-24(5-2)11-12-28-19-14-18(26)20-17(25)13-16(15-9-7-6-8-10-15)23-21(20)22(19)27-3/h6-10,13-14,26H,4-5,11-12H2,1-3H3,(H,23,25). The van der Waals surface area contributed by atoms with Gasteiger partial charge in [-0.3, -0.25) is 4.79 Å². The van der Waals surface area contributed by atoms with Crippen molar-refractivity contribution in [2.45, 2.75) is 13.8 Å². The van der Waals surface area contributed by atoms with Crippen LogP contribution in [0.3, 0.4) is 0 Å². The van der Waals surface area contributed by atoms with E-state index in [1.54, 1.807) is 0 Å². The van der Waals surface area contributed by atoms with Crippen LogP contribution in [0.1, 0.15) is 13.8 Å². The normalized spacial score (nSPS) is 11.1. The quantitative estimate of drug-likeness (QED) is 0.622. The smallest absolute Gasteiger partial charge is 0.193 e. The molecule has 0 saturated carbocycles. The summed E-state index contributed by atoms with van der Waals surface area (Å²) in [5, 5.41) is 10.6. The first kappa shape index (κ1) is 19.8. The molecule has 28 heavy (non-hydrogen) atoms. The summed E-state index contributed by atoms with van der Waals surface area (Å²) in [6.45, 7) is 7.28. The minimum atomic E-state index is -0.280. The first-order valence-electron chi connectivity index (χ1n) is 9.46. The van der Waals surface area contributed by atoms with Gasteiger partial charge < -0.3 is 24.5 Å². The summed E-state index contributed by atoms with van der Waals surface area (Å²) in [4.78, 5) is 18.1. The summed E-state index contributed by atoms with van der Waals surface area (Å²) in [6.07, 6.45) is 0. The number of likely N-dealkylation sites (N-methyl/N-ethyl adjacent to an activating group) is 1. The molecule has 148 valence electrons. The number of pyridine rings is 1. The van der Waals surface area contributed by atoms with Crippen LogP contribution in [0.15, 0.2) is 47.3 Å². The van der Waals surface area contributed by atoms with Crippen molar-refractivity contribution in [2.75, 3.05) is 33.4 Å². The molecule has 0 atom stereocenters. The highest BCUT2D eigenvalue weighted by molar-refractivity contribution is 5.93. The lowest BCUT2D eigenvalue weighted by atomic mass is 10.1. The van der Waals surface area contributed by atoms with Crippen LogP contribution in [-0.4, -0.2) is 48.3 Å². The van der Waals surface area contributed by atoms with Gasteiger partial charge in [-0.05, 0) is 18.7 Å². The molecule has 0 aliphatic carbocycles. The van der Waals surface area contributed by atoms with E-state index in [1.807, 2.05) is 30.3 Å². The number of H-pyrrole nitrogens is 1. The molecule has 0 unspecified atom stereocenters. The van der Waals surface area contributed by atoms with Gasteiger partial charge in [0, 0.05) is 24.4 Å². The zero-order valence-electron chi connectivity index (χ0n) is 16.5. The summed E-state index contributed by atoms with van der Waals surface area (Å²) >= 11 is 0. The van der Waals surface area contributed by atoms with Crippen molar-refractivity contribution >= 4 is 10.9 Å². The Morgan fingerprint density at radius 3 is 2.46 bits per heavy atom. The van der Waals surface area contributed by atoms with Crippen LogP contribution >= 0.6 is 0 Å². The number of hydrogen-bond donors (Lipinski definition) is 2. The van der Waals surface area contributed by atoms with E-state index in [9.17, 15) is 9.90 Å². The molecule has 0 aliphatic rings. The Labute approximate surface area is 164 Å². The second-order valence-corrected chi connectivity index (χ2v) is 6.47. The molecule has 1 aromatic heterocycles. The Balaban J connectivity index is 2.05. The fourth-order valence-corrected chi connectivity index (χ4v) is 3.28. The molecule has 0 amide bonds. The third kappa shape index (κ3) is 3.97. The van der Waals surface area contributed by atoms with E-state index in [-0.39, 0.29) is 16.6 Å². The molecule has 1 heterocycles.